The Morgan fingerprint density at radius 2 is 1.18 bits per heavy atom. The highest BCUT2D eigenvalue weighted by molar-refractivity contribution is 6.16. The summed E-state index contributed by atoms with van der Waals surface area (Å²) in [6, 6.07) is 23.5. The first-order chi connectivity index (χ1) is 31.4. The zero-order valence-corrected chi connectivity index (χ0v) is 37.6. The first kappa shape index (κ1) is 44.4. The summed E-state index contributed by atoms with van der Waals surface area (Å²) in [7, 11) is 0. The molecule has 0 saturated heterocycles. The number of aryl methyl sites for hydroxylation is 2. The van der Waals surface area contributed by atoms with Crippen LogP contribution in [0.4, 0.5) is 0 Å². The molecule has 6 aromatic rings. The van der Waals surface area contributed by atoms with Crippen LogP contribution in [0.25, 0.3) is 78.3 Å². The number of aromatic amines is 2. The molecule has 330 valence electrons. The lowest BCUT2D eigenvalue weighted by Gasteiger charge is -2.11. The van der Waals surface area contributed by atoms with Gasteiger partial charge in [0.1, 0.15) is 0 Å². The summed E-state index contributed by atoms with van der Waals surface area (Å²) in [5, 5.41) is 17.9. The number of allylic oxidation sites excluding steroid dienone is 4. The van der Waals surface area contributed by atoms with Gasteiger partial charge in [-0.05, 0) is 123 Å². The summed E-state index contributed by atoms with van der Waals surface area (Å²) in [4.78, 5) is 61.1. The van der Waals surface area contributed by atoms with Crippen LogP contribution in [-0.2, 0) is 9.59 Å². The Balaban J connectivity index is 0.969. The number of nitrogens with one attached hydrogen (secondary N) is 4. The summed E-state index contributed by atoms with van der Waals surface area (Å²) in [6.07, 6.45) is 7.77. The molecule has 11 nitrogen and oxygen atoms in total. The Kier molecular flexibility index (Phi) is 13.1. The highest BCUT2D eigenvalue weighted by atomic mass is 16.4. The molecule has 0 radical (unpaired) electrons. The van der Waals surface area contributed by atoms with Gasteiger partial charge in [0.15, 0.2) is 5.78 Å². The largest absolute Gasteiger partial charge is 0.481 e. The number of aliphatic carboxylic acids is 1. The Hall–Kier alpha value is -7.24. The number of ketones is 1. The predicted molar refractivity (Wildman–Crippen MR) is 265 cm³/mol. The van der Waals surface area contributed by atoms with E-state index < -0.39 is 5.97 Å². The number of benzene rings is 2. The molecule has 8 rings (SSSR count). The molecule has 0 atom stereocenters. The van der Waals surface area contributed by atoms with Gasteiger partial charge in [0.2, 0.25) is 0 Å². The van der Waals surface area contributed by atoms with Crippen LogP contribution < -0.4 is 10.6 Å². The number of nitrogens with zero attached hydrogens (tertiary/aromatic N) is 3. The number of unbranched alkanes of at least 4 members (excludes halogenated alkanes) is 3. The minimum atomic E-state index is -0.889. The van der Waals surface area contributed by atoms with Gasteiger partial charge in [0.25, 0.3) is 5.91 Å². The summed E-state index contributed by atoms with van der Waals surface area (Å²) < 4.78 is 0. The number of Topliss-reactive ketones (excluding diaryl/α,β-unsaturated/α-hetero) is 1. The van der Waals surface area contributed by atoms with E-state index in [0.717, 1.165) is 125 Å². The Morgan fingerprint density at radius 1 is 0.646 bits per heavy atom. The second kappa shape index (κ2) is 19.2. The molecule has 0 saturated carbocycles. The summed E-state index contributed by atoms with van der Waals surface area (Å²) in [5.74, 6) is -0.943. The minimum Gasteiger partial charge on any atom is -0.481 e. The van der Waals surface area contributed by atoms with Gasteiger partial charge in [-0.15, -0.1) is 0 Å². The standard InChI is InChI=1S/C54H55N7O4/c1-7-36-31(3)44-26-45-34(6)41(25-35(62)30-55-23-15-9-10-16-24-56-54(65)53-39-17-11-13-19-42(39)57-43-20-14-12-18-40(43)53)51(61-45)29-50-38(21-22-52(63)64)33(5)47(60-50)28-49-37(8-2)32(4)46(59-49)27-48(36)58-44/h7-8,11-14,17-20,26-29,55,58-59H,1-2,9-10,15-16,21-25,30H2,3-6H3,(H,56,65)(H,63,64). The fourth-order valence-corrected chi connectivity index (χ4v) is 9.03. The molecule has 6 heterocycles. The summed E-state index contributed by atoms with van der Waals surface area (Å²) >= 11 is 0. The molecule has 0 aliphatic carbocycles. The molecule has 65 heavy (non-hydrogen) atoms. The molecular formula is C54H55N7O4. The fourth-order valence-electron chi connectivity index (χ4n) is 9.03. The number of pyridine rings is 1. The highest BCUT2D eigenvalue weighted by Gasteiger charge is 2.24. The SMILES string of the molecule is C=Cc1c(C)c2cc3[nH]c(cc4nc(cc5nc(cc1[nH]2)C(C)=C5CCC(=O)O)C(CC(=O)CNCCCCCCNC(=O)c1c2ccccc2nc2ccccc12)=C4C)c(C)c3C=C. The van der Waals surface area contributed by atoms with E-state index in [1.54, 1.807) is 0 Å². The van der Waals surface area contributed by atoms with Crippen molar-refractivity contribution >= 4 is 96.0 Å². The average Bonchev–Trinajstić information content (AvgIpc) is 3.96. The monoisotopic (exact) mass is 865 g/mol. The number of rotatable bonds is 17. The van der Waals surface area contributed by atoms with Crippen LogP contribution in [0.1, 0.15) is 114 Å². The number of aromatic nitrogens is 5. The van der Waals surface area contributed by atoms with Crippen molar-refractivity contribution in [1.82, 2.24) is 35.6 Å². The molecule has 0 unspecified atom stereocenters. The number of carbonyl (C=O) groups is 3. The van der Waals surface area contributed by atoms with E-state index in [-0.39, 0.29) is 31.1 Å². The number of carbonyl (C=O) groups excluding carboxylic acids is 2. The quantitative estimate of drug-likeness (QED) is 0.0446. The van der Waals surface area contributed by atoms with Crippen molar-refractivity contribution in [2.75, 3.05) is 19.6 Å². The smallest absolute Gasteiger partial charge is 0.303 e. The zero-order valence-electron chi connectivity index (χ0n) is 37.6. The van der Waals surface area contributed by atoms with Crippen LogP contribution >= 0.6 is 0 Å². The van der Waals surface area contributed by atoms with E-state index in [9.17, 15) is 19.5 Å². The number of fused-ring (bicyclic) bond motifs is 10. The van der Waals surface area contributed by atoms with E-state index in [1.165, 1.54) is 0 Å². The number of hydrogen-bond acceptors (Lipinski definition) is 7. The van der Waals surface area contributed by atoms with Crippen molar-refractivity contribution in [2.45, 2.75) is 72.6 Å². The first-order valence-corrected chi connectivity index (χ1v) is 22.4. The molecule has 8 bridgehead atoms. The Morgan fingerprint density at radius 3 is 1.80 bits per heavy atom. The van der Waals surface area contributed by atoms with Crippen LogP contribution in [0.15, 0.2) is 86.0 Å². The maximum atomic E-state index is 13.7. The number of H-pyrrole nitrogens is 2. The van der Waals surface area contributed by atoms with Gasteiger partial charge in [-0.3, -0.25) is 14.4 Å². The van der Waals surface area contributed by atoms with Gasteiger partial charge in [0, 0.05) is 63.4 Å². The average molecular weight is 866 g/mol. The third-order valence-corrected chi connectivity index (χ3v) is 12.7. The lowest BCUT2D eigenvalue weighted by atomic mass is 9.98. The summed E-state index contributed by atoms with van der Waals surface area (Å²) in [6.45, 7) is 17.8. The van der Waals surface area contributed by atoms with Crippen molar-refractivity contribution in [3.05, 3.63) is 137 Å². The van der Waals surface area contributed by atoms with Gasteiger partial charge >= 0.3 is 5.97 Å². The highest BCUT2D eigenvalue weighted by Crippen LogP contribution is 2.38. The molecule has 2 aromatic carbocycles. The first-order valence-electron chi connectivity index (χ1n) is 22.4. The Labute approximate surface area is 378 Å². The Bertz CT molecular complexity index is 3110. The normalized spacial score (nSPS) is 12.6. The van der Waals surface area contributed by atoms with Crippen LogP contribution in [-0.4, -0.2) is 67.3 Å². The van der Waals surface area contributed by atoms with Crippen LogP contribution in [0.5, 0.6) is 0 Å². The second-order valence-electron chi connectivity index (χ2n) is 16.9. The van der Waals surface area contributed by atoms with Crippen LogP contribution in [0.2, 0.25) is 0 Å². The maximum absolute atomic E-state index is 13.7. The fraction of sp³-hybridized carbons (Fsp3) is 0.259. The number of amides is 1. The van der Waals surface area contributed by atoms with Crippen molar-refractivity contribution in [3.8, 4) is 0 Å². The molecular weight excluding hydrogens is 811 g/mol. The lowest BCUT2D eigenvalue weighted by molar-refractivity contribution is -0.136. The third kappa shape index (κ3) is 9.23. The minimum absolute atomic E-state index is 0.0368. The molecule has 1 amide bonds. The van der Waals surface area contributed by atoms with Gasteiger partial charge in [-0.2, -0.15) is 0 Å². The molecule has 0 fully saturated rings. The molecule has 0 spiro atoms. The van der Waals surface area contributed by atoms with Gasteiger partial charge in [0.05, 0.1) is 45.9 Å². The van der Waals surface area contributed by atoms with E-state index in [0.29, 0.717) is 36.5 Å². The molecule has 2 aliphatic rings. The van der Waals surface area contributed by atoms with Crippen molar-refractivity contribution < 1.29 is 19.5 Å². The molecule has 11 heteroatoms. The van der Waals surface area contributed by atoms with E-state index >= 15 is 0 Å². The van der Waals surface area contributed by atoms with Crippen molar-refractivity contribution in [2.24, 2.45) is 0 Å². The van der Waals surface area contributed by atoms with Gasteiger partial charge < -0.3 is 25.7 Å². The van der Waals surface area contributed by atoms with E-state index in [2.05, 4.69) is 53.7 Å². The van der Waals surface area contributed by atoms with Gasteiger partial charge in [-0.25, -0.2) is 15.0 Å². The zero-order chi connectivity index (χ0) is 45.8. The number of carboxylic acids is 1. The lowest BCUT2D eigenvalue weighted by Crippen LogP contribution is -2.25. The van der Waals surface area contributed by atoms with Crippen LogP contribution in [0.3, 0.4) is 0 Å². The van der Waals surface area contributed by atoms with Crippen molar-refractivity contribution in [3.63, 3.8) is 0 Å². The van der Waals surface area contributed by atoms with Crippen LogP contribution in [0, 0.1) is 13.8 Å². The summed E-state index contributed by atoms with van der Waals surface area (Å²) in [5.41, 5.74) is 16.0. The number of para-hydroxylation sites is 2. The number of hydrogen-bond donors (Lipinski definition) is 5. The van der Waals surface area contributed by atoms with E-state index in [1.807, 2.05) is 92.7 Å². The molecule has 5 N–H and O–H groups in total. The van der Waals surface area contributed by atoms with E-state index in [4.69, 9.17) is 15.0 Å². The topological polar surface area (TPSA) is 166 Å². The predicted octanol–water partition coefficient (Wildman–Crippen LogP) is 11.2. The molecule has 4 aromatic heterocycles. The van der Waals surface area contributed by atoms with Crippen molar-refractivity contribution in [1.29, 1.82) is 0 Å². The third-order valence-electron chi connectivity index (χ3n) is 12.7. The second-order valence-corrected chi connectivity index (χ2v) is 16.9. The van der Waals surface area contributed by atoms with Gasteiger partial charge in [-0.1, -0.05) is 74.5 Å². The maximum Gasteiger partial charge on any atom is 0.303 e. The molecule has 2 aliphatic heterocycles. The number of carboxylic acid groups (broad SMARTS) is 1.